The number of nitrogens with zero attached hydrogens (tertiary/aromatic N) is 2. The summed E-state index contributed by atoms with van der Waals surface area (Å²) in [4.78, 5) is 14.7. The third-order valence-corrected chi connectivity index (χ3v) is 6.96. The van der Waals surface area contributed by atoms with E-state index in [9.17, 15) is 13.2 Å². The monoisotopic (exact) mass is 406 g/mol. The summed E-state index contributed by atoms with van der Waals surface area (Å²) < 4.78 is 27.6. The van der Waals surface area contributed by atoms with Crippen molar-refractivity contribution in [3.05, 3.63) is 59.6 Å². The number of carbonyl (C=O) groups is 1. The molecule has 2 aromatic carbocycles. The van der Waals surface area contributed by atoms with Gasteiger partial charge in [0.25, 0.3) is 10.0 Å². The highest BCUT2D eigenvalue weighted by atomic mass is 35.5. The third-order valence-electron chi connectivity index (χ3n) is 4.87. The zero-order valence-corrected chi connectivity index (χ0v) is 16.8. The number of hydrogen-bond donors (Lipinski definition) is 0. The van der Waals surface area contributed by atoms with E-state index < -0.39 is 10.0 Å². The molecular weight excluding hydrogens is 384 g/mol. The van der Waals surface area contributed by atoms with Crippen LogP contribution in [0.15, 0.2) is 59.5 Å². The van der Waals surface area contributed by atoms with Crippen molar-refractivity contribution in [2.45, 2.75) is 24.7 Å². The van der Waals surface area contributed by atoms with Crippen LogP contribution < -0.4 is 4.31 Å². The van der Waals surface area contributed by atoms with Gasteiger partial charge in [0.1, 0.15) is 6.54 Å². The second-order valence-electron chi connectivity index (χ2n) is 6.84. The predicted molar refractivity (Wildman–Crippen MR) is 107 cm³/mol. The van der Waals surface area contributed by atoms with Crippen LogP contribution in [0.4, 0.5) is 5.69 Å². The molecule has 0 spiro atoms. The topological polar surface area (TPSA) is 57.7 Å². The van der Waals surface area contributed by atoms with Gasteiger partial charge in [-0.3, -0.25) is 9.10 Å². The Labute approximate surface area is 165 Å². The second-order valence-corrected chi connectivity index (χ2v) is 9.11. The molecule has 0 radical (unpaired) electrons. The van der Waals surface area contributed by atoms with Crippen molar-refractivity contribution in [1.29, 1.82) is 0 Å². The Morgan fingerprint density at radius 2 is 1.67 bits per heavy atom. The van der Waals surface area contributed by atoms with Crippen molar-refractivity contribution in [2.24, 2.45) is 5.92 Å². The van der Waals surface area contributed by atoms with E-state index in [2.05, 4.69) is 6.92 Å². The number of piperidine rings is 1. The molecule has 0 saturated carbocycles. The molecule has 1 fully saturated rings. The Morgan fingerprint density at radius 3 is 2.30 bits per heavy atom. The van der Waals surface area contributed by atoms with E-state index in [-0.39, 0.29) is 22.4 Å². The normalized spacial score (nSPS) is 15.6. The van der Waals surface area contributed by atoms with Gasteiger partial charge in [-0.05, 0) is 43.0 Å². The number of amides is 1. The highest BCUT2D eigenvalue weighted by Gasteiger charge is 2.31. The quantitative estimate of drug-likeness (QED) is 0.758. The van der Waals surface area contributed by atoms with Gasteiger partial charge >= 0.3 is 0 Å². The number of benzene rings is 2. The van der Waals surface area contributed by atoms with E-state index in [1.807, 2.05) is 0 Å². The van der Waals surface area contributed by atoms with Crippen molar-refractivity contribution in [3.8, 4) is 0 Å². The van der Waals surface area contributed by atoms with Crippen molar-refractivity contribution in [1.82, 2.24) is 4.90 Å². The third kappa shape index (κ3) is 4.45. The van der Waals surface area contributed by atoms with Gasteiger partial charge in [0.15, 0.2) is 0 Å². The number of sulfonamides is 1. The molecule has 0 unspecified atom stereocenters. The maximum atomic E-state index is 13.3. The maximum absolute atomic E-state index is 13.3. The van der Waals surface area contributed by atoms with Gasteiger partial charge in [-0.25, -0.2) is 8.42 Å². The van der Waals surface area contributed by atoms with Crippen molar-refractivity contribution in [2.75, 3.05) is 23.9 Å². The lowest BCUT2D eigenvalue weighted by molar-refractivity contribution is -0.130. The van der Waals surface area contributed by atoms with Gasteiger partial charge < -0.3 is 4.90 Å². The van der Waals surface area contributed by atoms with E-state index in [1.165, 1.54) is 12.1 Å². The maximum Gasteiger partial charge on any atom is 0.264 e. The molecule has 0 aromatic heterocycles. The van der Waals surface area contributed by atoms with E-state index in [0.29, 0.717) is 24.7 Å². The Bertz CT molecular complexity index is 894. The molecule has 144 valence electrons. The summed E-state index contributed by atoms with van der Waals surface area (Å²) in [6, 6.07) is 14.8. The Morgan fingerprint density at radius 1 is 1.07 bits per heavy atom. The lowest BCUT2D eigenvalue weighted by atomic mass is 9.99. The first kappa shape index (κ1) is 19.7. The standard InChI is InChI=1S/C20H23ClN2O3S/c1-16-11-13-22(14-12-16)20(24)15-23(19-10-6-5-9-18(19)21)27(25,26)17-7-3-2-4-8-17/h2-10,16H,11-15H2,1H3. The van der Waals surface area contributed by atoms with Crippen LogP contribution in [0.3, 0.4) is 0 Å². The van der Waals surface area contributed by atoms with Crippen LogP contribution in [0.1, 0.15) is 19.8 Å². The SMILES string of the molecule is CC1CCN(C(=O)CN(c2ccccc2Cl)S(=O)(=O)c2ccccc2)CC1. The van der Waals surface area contributed by atoms with Crippen LogP contribution in [0.25, 0.3) is 0 Å². The molecule has 1 heterocycles. The van der Waals surface area contributed by atoms with Crippen molar-refractivity contribution < 1.29 is 13.2 Å². The number of hydrogen-bond acceptors (Lipinski definition) is 3. The summed E-state index contributed by atoms with van der Waals surface area (Å²) in [6.07, 6.45) is 1.87. The first-order valence-corrected chi connectivity index (χ1v) is 10.8. The van der Waals surface area contributed by atoms with Crippen molar-refractivity contribution >= 4 is 33.2 Å². The van der Waals surface area contributed by atoms with Gasteiger partial charge in [-0.1, -0.05) is 48.9 Å². The molecule has 27 heavy (non-hydrogen) atoms. The van der Waals surface area contributed by atoms with Gasteiger partial charge in [0, 0.05) is 13.1 Å². The minimum atomic E-state index is -3.92. The lowest BCUT2D eigenvalue weighted by Gasteiger charge is -2.33. The number of anilines is 1. The fourth-order valence-corrected chi connectivity index (χ4v) is 4.90. The molecule has 3 rings (SSSR count). The van der Waals surface area contributed by atoms with Gasteiger partial charge in [-0.15, -0.1) is 0 Å². The number of carbonyl (C=O) groups excluding carboxylic acids is 1. The predicted octanol–water partition coefficient (Wildman–Crippen LogP) is 3.79. The molecule has 7 heteroatoms. The van der Waals surface area contributed by atoms with Crippen LogP contribution in [-0.4, -0.2) is 38.9 Å². The summed E-state index contributed by atoms with van der Waals surface area (Å²) in [5.74, 6) is 0.378. The van der Waals surface area contributed by atoms with Crippen LogP contribution >= 0.6 is 11.6 Å². The molecule has 5 nitrogen and oxygen atoms in total. The zero-order valence-electron chi connectivity index (χ0n) is 15.2. The van der Waals surface area contributed by atoms with E-state index in [1.54, 1.807) is 47.4 Å². The number of likely N-dealkylation sites (tertiary alicyclic amines) is 1. The molecule has 2 aromatic rings. The van der Waals surface area contributed by atoms with E-state index in [0.717, 1.165) is 17.1 Å². The Kier molecular flexibility index (Phi) is 6.07. The number of para-hydroxylation sites is 1. The second kappa shape index (κ2) is 8.31. The van der Waals surface area contributed by atoms with Gasteiger partial charge in [0.05, 0.1) is 15.6 Å². The smallest absolute Gasteiger partial charge is 0.264 e. The van der Waals surface area contributed by atoms with Crippen molar-refractivity contribution in [3.63, 3.8) is 0 Å². The Hall–Kier alpha value is -2.05. The van der Waals surface area contributed by atoms with E-state index >= 15 is 0 Å². The van der Waals surface area contributed by atoms with Crippen LogP contribution in [-0.2, 0) is 14.8 Å². The molecule has 1 aliphatic rings. The molecule has 1 saturated heterocycles. The minimum absolute atomic E-state index is 0.130. The highest BCUT2D eigenvalue weighted by Crippen LogP contribution is 2.30. The summed E-state index contributed by atoms with van der Waals surface area (Å²) in [6.45, 7) is 3.20. The van der Waals surface area contributed by atoms with Crippen LogP contribution in [0.2, 0.25) is 5.02 Å². The number of halogens is 1. The average molecular weight is 407 g/mol. The minimum Gasteiger partial charge on any atom is -0.341 e. The first-order valence-electron chi connectivity index (χ1n) is 8.99. The van der Waals surface area contributed by atoms with Crippen LogP contribution in [0, 0.1) is 5.92 Å². The lowest BCUT2D eigenvalue weighted by Crippen LogP contribution is -2.45. The summed E-state index contributed by atoms with van der Waals surface area (Å²) >= 11 is 6.27. The molecule has 0 aliphatic carbocycles. The van der Waals surface area contributed by atoms with E-state index in [4.69, 9.17) is 11.6 Å². The average Bonchev–Trinajstić information content (AvgIpc) is 2.68. The summed E-state index contributed by atoms with van der Waals surface area (Å²) in [7, 11) is -3.92. The summed E-state index contributed by atoms with van der Waals surface area (Å²) in [5, 5.41) is 0.289. The molecule has 0 bridgehead atoms. The summed E-state index contributed by atoms with van der Waals surface area (Å²) in [5.41, 5.74) is 0.307. The zero-order chi connectivity index (χ0) is 19.4. The van der Waals surface area contributed by atoms with Crippen LogP contribution in [0.5, 0.6) is 0 Å². The fraction of sp³-hybridized carbons (Fsp3) is 0.350. The highest BCUT2D eigenvalue weighted by molar-refractivity contribution is 7.92. The molecular formula is C20H23ClN2O3S. The molecule has 1 aliphatic heterocycles. The fourth-order valence-electron chi connectivity index (χ4n) is 3.15. The largest absolute Gasteiger partial charge is 0.341 e. The number of rotatable bonds is 5. The van der Waals surface area contributed by atoms with Gasteiger partial charge in [0.2, 0.25) is 5.91 Å². The molecule has 0 N–H and O–H groups in total. The first-order chi connectivity index (χ1) is 12.9. The Balaban J connectivity index is 1.94. The molecule has 1 amide bonds. The van der Waals surface area contributed by atoms with Gasteiger partial charge in [-0.2, -0.15) is 0 Å². The molecule has 0 atom stereocenters.